The zero-order valence-electron chi connectivity index (χ0n) is 8.73. The second kappa shape index (κ2) is 6.96. The summed E-state index contributed by atoms with van der Waals surface area (Å²) in [4.78, 5) is 1.17. The molecule has 1 aromatic carbocycles. The Kier molecular flexibility index (Phi) is 6.69. The first-order valence-electron chi connectivity index (χ1n) is 4.63. The molecule has 0 amide bonds. The molecule has 2 heteroatoms. The van der Waals surface area contributed by atoms with Crippen molar-refractivity contribution in [3.05, 3.63) is 29.6 Å². The second-order valence-corrected chi connectivity index (χ2v) is 3.65. The van der Waals surface area contributed by atoms with Gasteiger partial charge >= 0.3 is 0 Å². The zero-order chi connectivity index (χ0) is 10.3. The van der Waals surface area contributed by atoms with Crippen molar-refractivity contribution in [2.24, 2.45) is 0 Å². The quantitative estimate of drug-likeness (QED) is 0.642. The number of hydrogen-bond donors (Lipinski definition) is 0. The SMILES string of the molecule is CC.CCSc1ccc(F)cc1C. The largest absolute Gasteiger partial charge is 0.207 e. The van der Waals surface area contributed by atoms with E-state index in [1.165, 1.54) is 11.0 Å². The molecular weight excluding hydrogens is 183 g/mol. The second-order valence-electron chi connectivity index (χ2n) is 2.34. The lowest BCUT2D eigenvalue weighted by Crippen LogP contribution is -1.81. The van der Waals surface area contributed by atoms with E-state index in [2.05, 4.69) is 6.92 Å². The lowest BCUT2D eigenvalue weighted by atomic mass is 10.2. The average molecular weight is 200 g/mol. The first-order chi connectivity index (χ1) is 6.24. The first-order valence-corrected chi connectivity index (χ1v) is 5.61. The molecule has 0 aliphatic heterocycles. The molecule has 0 unspecified atom stereocenters. The summed E-state index contributed by atoms with van der Waals surface area (Å²) in [5, 5.41) is 0. The van der Waals surface area contributed by atoms with Crippen LogP contribution in [0, 0.1) is 12.7 Å². The van der Waals surface area contributed by atoms with Gasteiger partial charge in [-0.1, -0.05) is 20.8 Å². The Morgan fingerprint density at radius 1 is 1.31 bits per heavy atom. The molecule has 1 aromatic rings. The van der Waals surface area contributed by atoms with Crippen LogP contribution in [-0.2, 0) is 0 Å². The van der Waals surface area contributed by atoms with E-state index in [4.69, 9.17) is 0 Å². The van der Waals surface area contributed by atoms with Gasteiger partial charge in [-0.05, 0) is 36.4 Å². The highest BCUT2D eigenvalue weighted by Crippen LogP contribution is 2.22. The van der Waals surface area contributed by atoms with E-state index < -0.39 is 0 Å². The summed E-state index contributed by atoms with van der Waals surface area (Å²) >= 11 is 1.74. The van der Waals surface area contributed by atoms with Crippen LogP contribution in [-0.4, -0.2) is 5.75 Å². The third kappa shape index (κ3) is 4.32. The number of hydrogen-bond acceptors (Lipinski definition) is 1. The average Bonchev–Trinajstić information content (AvgIpc) is 2.14. The van der Waals surface area contributed by atoms with E-state index in [1.807, 2.05) is 26.8 Å². The maximum atomic E-state index is 12.6. The first kappa shape index (κ1) is 12.5. The zero-order valence-corrected chi connectivity index (χ0v) is 9.54. The monoisotopic (exact) mass is 200 g/mol. The minimum atomic E-state index is -0.150. The maximum Gasteiger partial charge on any atom is 0.123 e. The van der Waals surface area contributed by atoms with Crippen molar-refractivity contribution in [3.63, 3.8) is 0 Å². The Labute approximate surface area is 84.6 Å². The van der Waals surface area contributed by atoms with Crippen molar-refractivity contribution < 1.29 is 4.39 Å². The van der Waals surface area contributed by atoms with Crippen LogP contribution in [0.4, 0.5) is 4.39 Å². The van der Waals surface area contributed by atoms with E-state index in [1.54, 1.807) is 17.8 Å². The molecule has 0 fully saturated rings. The summed E-state index contributed by atoms with van der Waals surface area (Å²) < 4.78 is 12.6. The molecule has 0 bridgehead atoms. The van der Waals surface area contributed by atoms with Crippen LogP contribution in [0.2, 0.25) is 0 Å². The van der Waals surface area contributed by atoms with Crippen molar-refractivity contribution in [1.29, 1.82) is 0 Å². The van der Waals surface area contributed by atoms with Crippen LogP contribution in [0.5, 0.6) is 0 Å². The van der Waals surface area contributed by atoms with Crippen LogP contribution in [0.25, 0.3) is 0 Å². The molecule has 0 nitrogen and oxygen atoms in total. The predicted molar refractivity (Wildman–Crippen MR) is 58.9 cm³/mol. The van der Waals surface area contributed by atoms with Gasteiger partial charge in [-0.15, -0.1) is 11.8 Å². The Balaban J connectivity index is 0.000000671. The molecule has 1 rings (SSSR count). The summed E-state index contributed by atoms with van der Waals surface area (Å²) in [6.45, 7) is 8.02. The number of benzene rings is 1. The number of halogens is 1. The fourth-order valence-corrected chi connectivity index (χ4v) is 1.69. The predicted octanol–water partition coefficient (Wildman–Crippen LogP) is 4.27. The molecule has 0 radical (unpaired) electrons. The standard InChI is InChI=1S/C9H11FS.C2H6/c1-3-11-9-5-4-8(10)6-7(9)2;1-2/h4-6H,3H2,1-2H3;1-2H3. The van der Waals surface area contributed by atoms with Crippen molar-refractivity contribution in [2.45, 2.75) is 32.6 Å². The van der Waals surface area contributed by atoms with Crippen LogP contribution in [0.1, 0.15) is 26.3 Å². The summed E-state index contributed by atoms with van der Waals surface area (Å²) in [7, 11) is 0. The molecule has 0 saturated carbocycles. The van der Waals surface area contributed by atoms with Gasteiger partial charge in [0.2, 0.25) is 0 Å². The summed E-state index contributed by atoms with van der Waals surface area (Å²) in [6.07, 6.45) is 0. The summed E-state index contributed by atoms with van der Waals surface area (Å²) in [5.74, 6) is 0.884. The van der Waals surface area contributed by atoms with Gasteiger partial charge in [0, 0.05) is 4.90 Å². The van der Waals surface area contributed by atoms with Crippen LogP contribution < -0.4 is 0 Å². The topological polar surface area (TPSA) is 0 Å². The van der Waals surface area contributed by atoms with E-state index in [9.17, 15) is 4.39 Å². The van der Waals surface area contributed by atoms with Crippen molar-refractivity contribution in [2.75, 3.05) is 5.75 Å². The van der Waals surface area contributed by atoms with Gasteiger partial charge in [-0.2, -0.15) is 0 Å². The summed E-state index contributed by atoms with van der Waals surface area (Å²) in [5.41, 5.74) is 1.02. The third-order valence-corrected chi connectivity index (χ3v) is 2.49. The molecule has 0 heterocycles. The van der Waals surface area contributed by atoms with Crippen LogP contribution in [0.3, 0.4) is 0 Å². The lowest BCUT2D eigenvalue weighted by molar-refractivity contribution is 0.625. The van der Waals surface area contributed by atoms with Crippen molar-refractivity contribution in [3.8, 4) is 0 Å². The fraction of sp³-hybridized carbons (Fsp3) is 0.455. The molecule has 0 aromatic heterocycles. The number of rotatable bonds is 2. The molecule has 0 aliphatic rings. The third-order valence-electron chi connectivity index (χ3n) is 1.44. The van der Waals surface area contributed by atoms with Crippen molar-refractivity contribution in [1.82, 2.24) is 0 Å². The minimum Gasteiger partial charge on any atom is -0.207 e. The van der Waals surface area contributed by atoms with E-state index in [0.717, 1.165) is 11.3 Å². The van der Waals surface area contributed by atoms with Crippen molar-refractivity contribution >= 4 is 11.8 Å². The Hall–Kier alpha value is -0.500. The smallest absolute Gasteiger partial charge is 0.123 e. The minimum absolute atomic E-state index is 0.150. The highest BCUT2D eigenvalue weighted by atomic mass is 32.2. The van der Waals surface area contributed by atoms with E-state index in [-0.39, 0.29) is 5.82 Å². The molecule has 0 aliphatic carbocycles. The van der Waals surface area contributed by atoms with Gasteiger partial charge in [0.25, 0.3) is 0 Å². The number of thioether (sulfide) groups is 1. The van der Waals surface area contributed by atoms with E-state index >= 15 is 0 Å². The Bertz CT molecular complexity index is 246. The molecule has 0 N–H and O–H groups in total. The highest BCUT2D eigenvalue weighted by Gasteiger charge is 1.97. The van der Waals surface area contributed by atoms with Gasteiger partial charge in [0.05, 0.1) is 0 Å². The lowest BCUT2D eigenvalue weighted by Gasteiger charge is -2.02. The normalized spacial score (nSPS) is 9.00. The molecule has 13 heavy (non-hydrogen) atoms. The van der Waals surface area contributed by atoms with Gasteiger partial charge in [-0.25, -0.2) is 4.39 Å². The van der Waals surface area contributed by atoms with Crippen LogP contribution >= 0.6 is 11.8 Å². The number of aryl methyl sites for hydroxylation is 1. The van der Waals surface area contributed by atoms with E-state index in [0.29, 0.717) is 0 Å². The Morgan fingerprint density at radius 2 is 1.92 bits per heavy atom. The van der Waals surface area contributed by atoms with Gasteiger partial charge < -0.3 is 0 Å². The highest BCUT2D eigenvalue weighted by molar-refractivity contribution is 7.99. The molecule has 0 atom stereocenters. The molecular formula is C11H17FS. The maximum absolute atomic E-state index is 12.6. The fourth-order valence-electron chi connectivity index (χ4n) is 0.930. The van der Waals surface area contributed by atoms with Gasteiger partial charge in [-0.3, -0.25) is 0 Å². The van der Waals surface area contributed by atoms with Gasteiger partial charge in [0.15, 0.2) is 0 Å². The molecule has 0 saturated heterocycles. The molecule has 74 valence electrons. The van der Waals surface area contributed by atoms with Gasteiger partial charge in [0.1, 0.15) is 5.82 Å². The summed E-state index contributed by atoms with van der Waals surface area (Å²) in [6, 6.07) is 4.90. The molecule has 0 spiro atoms. The van der Waals surface area contributed by atoms with Crippen LogP contribution in [0.15, 0.2) is 23.1 Å². The Morgan fingerprint density at radius 3 is 2.38 bits per heavy atom.